The maximum Gasteiger partial charge on any atom is 0.162 e. The Hall–Kier alpha value is -0.590. The standard InChI is InChI=1S/C7H14N/c1-4-6-8(3)7-5-2/h4,6H,1,5,7H2,2-3H3/q+1/b8-6-. The molecule has 0 amide bonds. The predicted octanol–water partition coefficient (Wildman–Crippen LogP) is 1.30. The van der Waals surface area contributed by atoms with Crippen LogP contribution in [0.2, 0.25) is 0 Å². The second-order valence-corrected chi connectivity index (χ2v) is 1.87. The molecule has 0 unspecified atom stereocenters. The van der Waals surface area contributed by atoms with E-state index in [2.05, 4.69) is 18.1 Å². The summed E-state index contributed by atoms with van der Waals surface area (Å²) in [6, 6.07) is 0. The van der Waals surface area contributed by atoms with Crippen molar-refractivity contribution in [2.45, 2.75) is 13.3 Å². The Balaban J connectivity index is 3.44. The molecule has 0 rings (SSSR count). The highest BCUT2D eigenvalue weighted by molar-refractivity contribution is 5.64. The van der Waals surface area contributed by atoms with Gasteiger partial charge in [-0.15, -0.1) is 0 Å². The predicted molar refractivity (Wildman–Crippen MR) is 37.6 cm³/mol. The summed E-state index contributed by atoms with van der Waals surface area (Å²) in [6.45, 7) is 6.86. The summed E-state index contributed by atoms with van der Waals surface area (Å²) in [5.41, 5.74) is 0. The third-order valence-corrected chi connectivity index (χ3v) is 0.936. The Bertz CT molecular complexity index is 92.6. The Morgan fingerprint density at radius 1 is 1.62 bits per heavy atom. The third-order valence-electron chi connectivity index (χ3n) is 0.936. The van der Waals surface area contributed by atoms with Crippen molar-refractivity contribution >= 4 is 6.21 Å². The molecular weight excluding hydrogens is 98.1 g/mol. The number of allylic oxidation sites excluding steroid dienone is 1. The molecular formula is C7H14N+. The molecule has 0 saturated carbocycles. The van der Waals surface area contributed by atoms with E-state index in [-0.39, 0.29) is 0 Å². The van der Waals surface area contributed by atoms with Crippen LogP contribution in [0.1, 0.15) is 13.3 Å². The first-order chi connectivity index (χ1) is 3.81. The van der Waals surface area contributed by atoms with Crippen molar-refractivity contribution in [3.8, 4) is 0 Å². The van der Waals surface area contributed by atoms with Gasteiger partial charge >= 0.3 is 0 Å². The van der Waals surface area contributed by atoms with E-state index >= 15 is 0 Å². The van der Waals surface area contributed by atoms with Crippen LogP contribution in [0.4, 0.5) is 0 Å². The molecule has 0 aliphatic heterocycles. The molecule has 46 valence electrons. The molecule has 0 fully saturated rings. The van der Waals surface area contributed by atoms with Gasteiger partial charge in [0, 0.05) is 6.42 Å². The van der Waals surface area contributed by atoms with E-state index in [1.54, 1.807) is 6.08 Å². The minimum absolute atomic E-state index is 1.12. The average Bonchev–Trinajstić information content (AvgIpc) is 1.68. The zero-order valence-corrected chi connectivity index (χ0v) is 5.72. The van der Waals surface area contributed by atoms with E-state index in [1.807, 2.05) is 13.3 Å². The lowest BCUT2D eigenvalue weighted by atomic mass is 10.5. The summed E-state index contributed by atoms with van der Waals surface area (Å²) in [4.78, 5) is 0. The van der Waals surface area contributed by atoms with Crippen LogP contribution >= 0.6 is 0 Å². The van der Waals surface area contributed by atoms with Crippen LogP contribution in [0.5, 0.6) is 0 Å². The maximum atomic E-state index is 3.59. The van der Waals surface area contributed by atoms with E-state index in [0.717, 1.165) is 6.54 Å². The molecule has 0 aliphatic rings. The molecule has 0 aromatic carbocycles. The average molecular weight is 112 g/mol. The van der Waals surface area contributed by atoms with E-state index in [1.165, 1.54) is 6.42 Å². The minimum Gasteiger partial charge on any atom is -0.239 e. The second-order valence-electron chi connectivity index (χ2n) is 1.87. The molecule has 0 heterocycles. The van der Waals surface area contributed by atoms with Crippen LogP contribution in [0.25, 0.3) is 0 Å². The highest BCUT2D eigenvalue weighted by atomic mass is 14.9. The summed E-state index contributed by atoms with van der Waals surface area (Å²) in [7, 11) is 2.05. The fourth-order valence-corrected chi connectivity index (χ4v) is 0.607. The van der Waals surface area contributed by atoms with Crippen LogP contribution in [0.3, 0.4) is 0 Å². The van der Waals surface area contributed by atoms with Crippen molar-refractivity contribution in [2.75, 3.05) is 13.6 Å². The van der Waals surface area contributed by atoms with Gasteiger partial charge in [-0.2, -0.15) is 0 Å². The Morgan fingerprint density at radius 2 is 2.25 bits per heavy atom. The molecule has 0 aromatic heterocycles. The highest BCUT2D eigenvalue weighted by Gasteiger charge is 1.86. The molecule has 0 spiro atoms. The van der Waals surface area contributed by atoms with Crippen molar-refractivity contribution in [1.29, 1.82) is 0 Å². The fraction of sp³-hybridized carbons (Fsp3) is 0.571. The Kier molecular flexibility index (Phi) is 4.23. The lowest BCUT2D eigenvalue weighted by Crippen LogP contribution is -2.05. The lowest BCUT2D eigenvalue weighted by Gasteiger charge is -1.88. The lowest BCUT2D eigenvalue weighted by molar-refractivity contribution is -0.491. The first-order valence-electron chi connectivity index (χ1n) is 2.97. The summed E-state index contributed by atoms with van der Waals surface area (Å²) < 4.78 is 2.12. The summed E-state index contributed by atoms with van der Waals surface area (Å²) in [6.07, 6.45) is 4.97. The van der Waals surface area contributed by atoms with Gasteiger partial charge in [0.25, 0.3) is 0 Å². The number of hydrogen-bond donors (Lipinski definition) is 0. The smallest absolute Gasteiger partial charge is 0.162 e. The zero-order valence-electron chi connectivity index (χ0n) is 5.72. The second kappa shape index (κ2) is 4.57. The van der Waals surface area contributed by atoms with Gasteiger partial charge in [-0.25, -0.2) is 4.58 Å². The molecule has 0 atom stereocenters. The molecule has 0 bridgehead atoms. The molecule has 0 saturated heterocycles. The van der Waals surface area contributed by atoms with Crippen LogP contribution in [0, 0.1) is 0 Å². The van der Waals surface area contributed by atoms with Crippen molar-refractivity contribution in [1.82, 2.24) is 0 Å². The monoisotopic (exact) mass is 112 g/mol. The largest absolute Gasteiger partial charge is 0.239 e. The first-order valence-corrected chi connectivity index (χ1v) is 2.97. The molecule has 1 nitrogen and oxygen atoms in total. The number of rotatable bonds is 3. The van der Waals surface area contributed by atoms with Gasteiger partial charge in [-0.05, 0) is 6.08 Å². The molecule has 0 radical (unpaired) electrons. The van der Waals surface area contributed by atoms with Gasteiger partial charge in [-0.1, -0.05) is 13.5 Å². The van der Waals surface area contributed by atoms with Crippen molar-refractivity contribution in [3.63, 3.8) is 0 Å². The molecule has 1 heteroatoms. The van der Waals surface area contributed by atoms with Crippen LogP contribution in [0.15, 0.2) is 12.7 Å². The van der Waals surface area contributed by atoms with E-state index in [9.17, 15) is 0 Å². The van der Waals surface area contributed by atoms with Crippen molar-refractivity contribution in [2.24, 2.45) is 0 Å². The highest BCUT2D eigenvalue weighted by Crippen LogP contribution is 1.73. The topological polar surface area (TPSA) is 3.01 Å². The molecule has 0 aliphatic carbocycles. The molecule has 8 heavy (non-hydrogen) atoms. The van der Waals surface area contributed by atoms with Gasteiger partial charge < -0.3 is 0 Å². The molecule has 0 aromatic rings. The summed E-state index contributed by atoms with van der Waals surface area (Å²) in [5.74, 6) is 0. The van der Waals surface area contributed by atoms with Crippen LogP contribution in [-0.2, 0) is 0 Å². The number of nitrogens with zero attached hydrogens (tertiary/aromatic N) is 1. The molecule has 0 N–H and O–H groups in total. The van der Waals surface area contributed by atoms with E-state index in [0.29, 0.717) is 0 Å². The SMILES string of the molecule is C=C/C=[N+](/C)CCC. The van der Waals surface area contributed by atoms with Gasteiger partial charge in [-0.3, -0.25) is 0 Å². The van der Waals surface area contributed by atoms with Gasteiger partial charge in [0.15, 0.2) is 6.21 Å². The van der Waals surface area contributed by atoms with E-state index in [4.69, 9.17) is 0 Å². The van der Waals surface area contributed by atoms with Gasteiger partial charge in [0.2, 0.25) is 0 Å². The quantitative estimate of drug-likeness (QED) is 0.382. The maximum absolute atomic E-state index is 3.59. The zero-order chi connectivity index (χ0) is 6.41. The van der Waals surface area contributed by atoms with Crippen molar-refractivity contribution < 1.29 is 4.58 Å². The summed E-state index contributed by atoms with van der Waals surface area (Å²) in [5, 5.41) is 0. The summed E-state index contributed by atoms with van der Waals surface area (Å²) >= 11 is 0. The first kappa shape index (κ1) is 7.41. The fourth-order valence-electron chi connectivity index (χ4n) is 0.607. The van der Waals surface area contributed by atoms with E-state index < -0.39 is 0 Å². The minimum atomic E-state index is 1.12. The Labute approximate surface area is 51.3 Å². The van der Waals surface area contributed by atoms with Crippen LogP contribution < -0.4 is 0 Å². The third kappa shape index (κ3) is 3.59. The van der Waals surface area contributed by atoms with Gasteiger partial charge in [0.1, 0.15) is 13.6 Å². The van der Waals surface area contributed by atoms with Crippen molar-refractivity contribution in [3.05, 3.63) is 12.7 Å². The Morgan fingerprint density at radius 3 is 2.62 bits per heavy atom. The normalized spacial score (nSPS) is 11.5. The van der Waals surface area contributed by atoms with Gasteiger partial charge in [0.05, 0.1) is 0 Å². The number of hydrogen-bond acceptors (Lipinski definition) is 0. The van der Waals surface area contributed by atoms with Crippen LogP contribution in [-0.4, -0.2) is 24.4 Å².